The van der Waals surface area contributed by atoms with Crippen LogP contribution >= 0.6 is 15.9 Å². The van der Waals surface area contributed by atoms with Crippen molar-refractivity contribution in [2.45, 2.75) is 19.3 Å². The van der Waals surface area contributed by atoms with Crippen LogP contribution in [-0.2, 0) is 0 Å². The van der Waals surface area contributed by atoms with E-state index in [4.69, 9.17) is 4.74 Å². The third kappa shape index (κ3) is 3.25. The van der Waals surface area contributed by atoms with E-state index in [1.807, 2.05) is 0 Å². The Bertz CT molecular complexity index is 412. The molecule has 98 valence electrons. The van der Waals surface area contributed by atoms with Gasteiger partial charge in [-0.3, -0.25) is 4.79 Å². The van der Waals surface area contributed by atoms with E-state index in [9.17, 15) is 4.79 Å². The molecular weight excluding hydrogens is 294 g/mol. The molecule has 0 saturated heterocycles. The van der Waals surface area contributed by atoms with E-state index in [-0.39, 0.29) is 5.91 Å². The van der Waals surface area contributed by atoms with E-state index < -0.39 is 0 Å². The average Bonchev–Trinajstić information content (AvgIpc) is 3.17. The van der Waals surface area contributed by atoms with Crippen LogP contribution in [0.3, 0.4) is 0 Å². The molecular formula is C14H18BrNO2. The van der Waals surface area contributed by atoms with Gasteiger partial charge in [0.15, 0.2) is 0 Å². The lowest BCUT2D eigenvalue weighted by Gasteiger charge is -2.14. The third-order valence-corrected chi connectivity index (χ3v) is 3.95. The second kappa shape index (κ2) is 5.74. The minimum atomic E-state index is -0.00139. The van der Waals surface area contributed by atoms with E-state index in [2.05, 4.69) is 21.2 Å². The van der Waals surface area contributed by atoms with Gasteiger partial charge in [-0.2, -0.15) is 0 Å². The molecule has 0 unspecified atom stereocenters. The molecule has 4 heteroatoms. The second-order valence-corrected chi connectivity index (χ2v) is 5.64. The van der Waals surface area contributed by atoms with Crippen molar-refractivity contribution in [3.63, 3.8) is 0 Å². The van der Waals surface area contributed by atoms with Crippen molar-refractivity contribution in [3.8, 4) is 5.75 Å². The van der Waals surface area contributed by atoms with Crippen molar-refractivity contribution in [2.24, 2.45) is 5.41 Å². The molecule has 0 atom stereocenters. The molecule has 1 amide bonds. The summed E-state index contributed by atoms with van der Waals surface area (Å²) < 4.78 is 5.07. The number of hydrogen-bond donors (Lipinski definition) is 1. The highest BCUT2D eigenvalue weighted by Gasteiger charge is 2.41. The highest BCUT2D eigenvalue weighted by atomic mass is 79.9. The molecule has 1 aliphatic rings. The highest BCUT2D eigenvalue weighted by Crippen LogP contribution is 2.48. The van der Waals surface area contributed by atoms with E-state index in [1.165, 1.54) is 12.8 Å². The minimum Gasteiger partial charge on any atom is -0.497 e. The number of alkyl halides is 1. The Balaban J connectivity index is 1.87. The van der Waals surface area contributed by atoms with Gasteiger partial charge in [0.2, 0.25) is 0 Å². The topological polar surface area (TPSA) is 38.3 Å². The molecule has 3 nitrogen and oxygen atoms in total. The maximum atomic E-state index is 12.0. The molecule has 0 aliphatic heterocycles. The van der Waals surface area contributed by atoms with Crippen LogP contribution < -0.4 is 10.1 Å². The zero-order chi connectivity index (χ0) is 13.0. The normalized spacial score (nSPS) is 16.1. The van der Waals surface area contributed by atoms with Crippen LogP contribution in [0.25, 0.3) is 0 Å². The number of ether oxygens (including phenoxy) is 1. The van der Waals surface area contributed by atoms with Gasteiger partial charge >= 0.3 is 0 Å². The number of carbonyl (C=O) groups excluding carboxylic acids is 1. The molecule has 1 aromatic carbocycles. The summed E-state index contributed by atoms with van der Waals surface area (Å²) in [4.78, 5) is 12.0. The van der Waals surface area contributed by atoms with Crippen LogP contribution in [-0.4, -0.2) is 24.9 Å². The first-order valence-corrected chi connectivity index (χ1v) is 7.29. The smallest absolute Gasteiger partial charge is 0.251 e. The van der Waals surface area contributed by atoms with E-state index in [0.29, 0.717) is 11.0 Å². The second-order valence-electron chi connectivity index (χ2n) is 4.85. The molecule has 0 heterocycles. The van der Waals surface area contributed by atoms with Gasteiger partial charge in [0.25, 0.3) is 5.91 Å². The van der Waals surface area contributed by atoms with Crippen LogP contribution in [0.4, 0.5) is 0 Å². The molecule has 1 aliphatic carbocycles. The molecule has 1 N–H and O–H groups in total. The maximum absolute atomic E-state index is 12.0. The summed E-state index contributed by atoms with van der Waals surface area (Å²) in [5.41, 5.74) is 1.04. The zero-order valence-corrected chi connectivity index (χ0v) is 12.1. The number of nitrogens with one attached hydrogen (secondary N) is 1. The first-order chi connectivity index (χ1) is 8.69. The van der Waals surface area contributed by atoms with E-state index in [0.717, 1.165) is 24.0 Å². The Morgan fingerprint density at radius 1 is 1.39 bits per heavy atom. The van der Waals surface area contributed by atoms with Crippen molar-refractivity contribution in [2.75, 3.05) is 19.0 Å². The quantitative estimate of drug-likeness (QED) is 0.820. The average molecular weight is 312 g/mol. The fourth-order valence-corrected chi connectivity index (χ4v) is 2.85. The summed E-state index contributed by atoms with van der Waals surface area (Å²) in [6.07, 6.45) is 3.58. The van der Waals surface area contributed by atoms with Gasteiger partial charge < -0.3 is 10.1 Å². The molecule has 0 aromatic heterocycles. The molecule has 1 aromatic rings. The monoisotopic (exact) mass is 311 g/mol. The fourth-order valence-electron chi connectivity index (χ4n) is 2.00. The molecule has 18 heavy (non-hydrogen) atoms. The largest absolute Gasteiger partial charge is 0.497 e. The minimum absolute atomic E-state index is 0.00139. The van der Waals surface area contributed by atoms with Crippen molar-refractivity contribution >= 4 is 21.8 Å². The predicted octanol–water partition coefficient (Wildman–Crippen LogP) is 2.99. The lowest BCUT2D eigenvalue weighted by molar-refractivity contribution is 0.0944. The van der Waals surface area contributed by atoms with Crippen LogP contribution in [0, 0.1) is 5.41 Å². The Morgan fingerprint density at radius 2 is 2.06 bits per heavy atom. The number of halogens is 1. The Labute approximate surface area is 116 Å². The number of methoxy groups -OCH3 is 1. The van der Waals surface area contributed by atoms with Crippen molar-refractivity contribution in [3.05, 3.63) is 29.8 Å². The van der Waals surface area contributed by atoms with Gasteiger partial charge in [-0.15, -0.1) is 0 Å². The van der Waals surface area contributed by atoms with Gasteiger partial charge in [-0.25, -0.2) is 0 Å². The molecule has 2 rings (SSSR count). The summed E-state index contributed by atoms with van der Waals surface area (Å²) in [7, 11) is 1.62. The standard InChI is InChI=1S/C14H18BrNO2/c1-18-12-4-2-11(3-5-12)13(17)16-10-14(6-7-14)8-9-15/h2-5H,6-10H2,1H3,(H,16,17). The summed E-state index contributed by atoms with van der Waals surface area (Å²) in [6.45, 7) is 0.781. The van der Waals surface area contributed by atoms with Gasteiger partial charge in [0, 0.05) is 17.4 Å². The summed E-state index contributed by atoms with van der Waals surface area (Å²) in [6, 6.07) is 7.19. The van der Waals surface area contributed by atoms with Crippen molar-refractivity contribution in [1.82, 2.24) is 5.32 Å². The van der Waals surface area contributed by atoms with E-state index in [1.54, 1.807) is 31.4 Å². The molecule has 0 spiro atoms. The molecule has 1 saturated carbocycles. The molecule has 1 fully saturated rings. The number of amides is 1. The van der Waals surface area contributed by atoms with Crippen LogP contribution in [0.1, 0.15) is 29.6 Å². The number of hydrogen-bond acceptors (Lipinski definition) is 2. The number of rotatable bonds is 6. The van der Waals surface area contributed by atoms with Gasteiger partial charge in [-0.1, -0.05) is 15.9 Å². The highest BCUT2D eigenvalue weighted by molar-refractivity contribution is 9.09. The Hall–Kier alpha value is -1.03. The van der Waals surface area contributed by atoms with Gasteiger partial charge in [-0.05, 0) is 48.9 Å². The van der Waals surface area contributed by atoms with E-state index >= 15 is 0 Å². The molecule has 0 radical (unpaired) electrons. The maximum Gasteiger partial charge on any atom is 0.251 e. The Kier molecular flexibility index (Phi) is 4.27. The van der Waals surface area contributed by atoms with Gasteiger partial charge in [0.1, 0.15) is 5.75 Å². The summed E-state index contributed by atoms with van der Waals surface area (Å²) >= 11 is 3.47. The lowest BCUT2D eigenvalue weighted by atomic mass is 10.0. The van der Waals surface area contributed by atoms with Crippen molar-refractivity contribution < 1.29 is 9.53 Å². The first kappa shape index (κ1) is 13.4. The van der Waals surface area contributed by atoms with Gasteiger partial charge in [0.05, 0.1) is 7.11 Å². The lowest BCUT2D eigenvalue weighted by Crippen LogP contribution is -2.30. The number of carbonyl (C=O) groups is 1. The third-order valence-electron chi connectivity index (χ3n) is 3.56. The number of benzene rings is 1. The zero-order valence-electron chi connectivity index (χ0n) is 10.5. The SMILES string of the molecule is COc1ccc(C(=O)NCC2(CCBr)CC2)cc1. The van der Waals surface area contributed by atoms with Crippen molar-refractivity contribution in [1.29, 1.82) is 0 Å². The summed E-state index contributed by atoms with van der Waals surface area (Å²) in [5, 5.41) is 4.03. The van der Waals surface area contributed by atoms with Crippen LogP contribution in [0.5, 0.6) is 5.75 Å². The predicted molar refractivity (Wildman–Crippen MR) is 75.4 cm³/mol. The van der Waals surface area contributed by atoms with Crippen LogP contribution in [0.15, 0.2) is 24.3 Å². The molecule has 0 bridgehead atoms. The fraction of sp³-hybridized carbons (Fsp3) is 0.500. The summed E-state index contributed by atoms with van der Waals surface area (Å²) in [5.74, 6) is 0.767. The Morgan fingerprint density at radius 3 is 2.56 bits per heavy atom. The van der Waals surface area contributed by atoms with Crippen LogP contribution in [0.2, 0.25) is 0 Å². The first-order valence-electron chi connectivity index (χ1n) is 6.17.